The fraction of sp³-hybridized carbons (Fsp3) is 0.429. The molecule has 1 aromatic heterocycles. The Balaban J connectivity index is 1.62. The van der Waals surface area contributed by atoms with Crippen LogP contribution in [0.2, 0.25) is 0 Å². The molecule has 0 atom stereocenters. The van der Waals surface area contributed by atoms with Crippen molar-refractivity contribution in [2.75, 3.05) is 33.4 Å². The van der Waals surface area contributed by atoms with Crippen molar-refractivity contribution in [3.05, 3.63) is 59.3 Å². The summed E-state index contributed by atoms with van der Waals surface area (Å²) in [6.45, 7) is 6.47. The topological polar surface area (TPSA) is 59.0 Å². The molecule has 2 heterocycles. The fourth-order valence-corrected chi connectivity index (χ4v) is 3.09. The first kappa shape index (κ1) is 19.2. The maximum absolute atomic E-state index is 5.50. The van der Waals surface area contributed by atoms with Gasteiger partial charge in [0.25, 0.3) is 0 Å². The van der Waals surface area contributed by atoms with E-state index in [1.807, 2.05) is 18.3 Å². The number of nitrogens with one attached hydrogen (secondary N) is 1. The summed E-state index contributed by atoms with van der Waals surface area (Å²) in [6.07, 6.45) is 2.87. The zero-order valence-corrected chi connectivity index (χ0v) is 16.1. The molecule has 0 unspecified atom stereocenters. The van der Waals surface area contributed by atoms with Crippen LogP contribution < -0.4 is 10.1 Å². The van der Waals surface area contributed by atoms with Crippen molar-refractivity contribution in [3.63, 3.8) is 0 Å². The molecule has 0 bridgehead atoms. The Morgan fingerprint density at radius 2 is 2.04 bits per heavy atom. The minimum absolute atomic E-state index is 0.502. The molecule has 6 nitrogen and oxygen atoms in total. The Bertz CT molecular complexity index is 746. The lowest BCUT2D eigenvalue weighted by Gasteiger charge is -2.31. The highest BCUT2D eigenvalue weighted by Gasteiger charge is 2.18. The molecule has 3 rings (SSSR count). The predicted molar refractivity (Wildman–Crippen MR) is 107 cm³/mol. The molecule has 144 valence electrons. The standard InChI is InChI=1S/C21H28N4O2/c1-3-22-21(25-11-10-18-6-4-5-7-19(18)16-25)24-15-17-8-9-20(23-14-17)27-13-12-26-2/h4-9,14H,3,10-13,15-16H2,1-2H3,(H,22,24). The van der Waals surface area contributed by atoms with Crippen molar-refractivity contribution < 1.29 is 9.47 Å². The molecule has 6 heteroatoms. The molecule has 0 aliphatic carbocycles. The van der Waals surface area contributed by atoms with Crippen molar-refractivity contribution in [3.8, 4) is 5.88 Å². The highest BCUT2D eigenvalue weighted by Crippen LogP contribution is 2.18. The van der Waals surface area contributed by atoms with E-state index in [0.29, 0.717) is 25.6 Å². The maximum atomic E-state index is 5.50. The Labute approximate surface area is 161 Å². The molecule has 0 amide bonds. The summed E-state index contributed by atoms with van der Waals surface area (Å²) in [6, 6.07) is 12.5. The Kier molecular flexibility index (Phi) is 7.04. The Morgan fingerprint density at radius 1 is 1.19 bits per heavy atom. The Hall–Kier alpha value is -2.60. The summed E-state index contributed by atoms with van der Waals surface area (Å²) in [5.74, 6) is 1.56. The van der Waals surface area contributed by atoms with Gasteiger partial charge in [-0.1, -0.05) is 30.3 Å². The molecule has 1 aliphatic rings. The smallest absolute Gasteiger partial charge is 0.213 e. The van der Waals surface area contributed by atoms with E-state index in [1.165, 1.54) is 11.1 Å². The van der Waals surface area contributed by atoms with Gasteiger partial charge in [-0.05, 0) is 30.0 Å². The number of methoxy groups -OCH3 is 1. The van der Waals surface area contributed by atoms with Crippen LogP contribution in [0, 0.1) is 0 Å². The highest BCUT2D eigenvalue weighted by atomic mass is 16.5. The van der Waals surface area contributed by atoms with Gasteiger partial charge in [0.05, 0.1) is 13.2 Å². The van der Waals surface area contributed by atoms with Crippen LogP contribution >= 0.6 is 0 Å². The number of pyridine rings is 1. The second-order valence-corrected chi connectivity index (χ2v) is 6.46. The monoisotopic (exact) mass is 368 g/mol. The minimum Gasteiger partial charge on any atom is -0.475 e. The molecular formula is C21H28N4O2. The number of benzene rings is 1. The van der Waals surface area contributed by atoms with Gasteiger partial charge in [0, 0.05) is 39.0 Å². The van der Waals surface area contributed by atoms with Crippen LogP contribution in [-0.2, 0) is 24.2 Å². The summed E-state index contributed by atoms with van der Waals surface area (Å²) < 4.78 is 10.5. The van der Waals surface area contributed by atoms with E-state index in [0.717, 1.165) is 37.6 Å². The zero-order valence-electron chi connectivity index (χ0n) is 16.1. The van der Waals surface area contributed by atoms with Gasteiger partial charge in [-0.3, -0.25) is 0 Å². The lowest BCUT2D eigenvalue weighted by molar-refractivity contribution is 0.143. The fourth-order valence-electron chi connectivity index (χ4n) is 3.09. The van der Waals surface area contributed by atoms with E-state index in [4.69, 9.17) is 14.5 Å². The van der Waals surface area contributed by atoms with Crippen LogP contribution in [0.1, 0.15) is 23.6 Å². The van der Waals surface area contributed by atoms with Crippen LogP contribution in [0.15, 0.2) is 47.6 Å². The van der Waals surface area contributed by atoms with Crippen molar-refractivity contribution >= 4 is 5.96 Å². The first-order valence-electron chi connectivity index (χ1n) is 9.47. The lowest BCUT2D eigenvalue weighted by Crippen LogP contribution is -2.44. The lowest BCUT2D eigenvalue weighted by atomic mass is 10.0. The van der Waals surface area contributed by atoms with E-state index >= 15 is 0 Å². The number of fused-ring (bicyclic) bond motifs is 1. The second kappa shape index (κ2) is 9.92. The van der Waals surface area contributed by atoms with Crippen molar-refractivity contribution in [2.45, 2.75) is 26.4 Å². The van der Waals surface area contributed by atoms with Crippen LogP contribution in [-0.4, -0.2) is 49.3 Å². The van der Waals surface area contributed by atoms with E-state index in [2.05, 4.69) is 46.4 Å². The molecule has 0 radical (unpaired) electrons. The quantitative estimate of drug-likeness (QED) is 0.463. The van der Waals surface area contributed by atoms with Gasteiger partial charge in [0.15, 0.2) is 5.96 Å². The minimum atomic E-state index is 0.502. The number of guanidine groups is 1. The molecular weight excluding hydrogens is 340 g/mol. The van der Waals surface area contributed by atoms with E-state index in [9.17, 15) is 0 Å². The average Bonchev–Trinajstić information content (AvgIpc) is 2.72. The van der Waals surface area contributed by atoms with Crippen LogP contribution in [0.4, 0.5) is 0 Å². The number of nitrogens with zero attached hydrogens (tertiary/aromatic N) is 3. The van der Waals surface area contributed by atoms with Gasteiger partial charge in [-0.25, -0.2) is 9.98 Å². The van der Waals surface area contributed by atoms with Crippen molar-refractivity contribution in [1.29, 1.82) is 0 Å². The maximum Gasteiger partial charge on any atom is 0.213 e. The number of rotatable bonds is 7. The molecule has 0 fully saturated rings. The summed E-state index contributed by atoms with van der Waals surface area (Å²) in [5, 5.41) is 3.42. The van der Waals surface area contributed by atoms with E-state index < -0.39 is 0 Å². The predicted octanol–water partition coefficient (Wildman–Crippen LogP) is 2.63. The SMILES string of the molecule is CCNC(=NCc1ccc(OCCOC)nc1)N1CCc2ccccc2C1. The molecule has 1 aliphatic heterocycles. The van der Waals surface area contributed by atoms with Crippen molar-refractivity contribution in [1.82, 2.24) is 15.2 Å². The molecule has 1 aromatic carbocycles. The van der Waals surface area contributed by atoms with Gasteiger partial charge >= 0.3 is 0 Å². The van der Waals surface area contributed by atoms with Gasteiger partial charge in [-0.2, -0.15) is 0 Å². The summed E-state index contributed by atoms with van der Waals surface area (Å²) in [5.41, 5.74) is 3.88. The Morgan fingerprint density at radius 3 is 2.78 bits per heavy atom. The van der Waals surface area contributed by atoms with Crippen LogP contribution in [0.3, 0.4) is 0 Å². The molecule has 0 saturated heterocycles. The third-order valence-corrected chi connectivity index (χ3v) is 4.51. The third kappa shape index (κ3) is 5.44. The summed E-state index contributed by atoms with van der Waals surface area (Å²) >= 11 is 0. The van der Waals surface area contributed by atoms with Gasteiger partial charge in [0.2, 0.25) is 5.88 Å². The van der Waals surface area contributed by atoms with Crippen LogP contribution in [0.25, 0.3) is 0 Å². The first-order valence-corrected chi connectivity index (χ1v) is 9.47. The van der Waals surface area contributed by atoms with Gasteiger partial charge in [0.1, 0.15) is 6.61 Å². The number of ether oxygens (including phenoxy) is 2. The number of hydrogen-bond donors (Lipinski definition) is 1. The number of aromatic nitrogens is 1. The molecule has 0 spiro atoms. The first-order chi connectivity index (χ1) is 13.3. The molecule has 0 saturated carbocycles. The summed E-state index contributed by atoms with van der Waals surface area (Å²) in [7, 11) is 1.65. The van der Waals surface area contributed by atoms with E-state index in [1.54, 1.807) is 7.11 Å². The van der Waals surface area contributed by atoms with Crippen molar-refractivity contribution in [2.24, 2.45) is 4.99 Å². The van der Waals surface area contributed by atoms with Gasteiger partial charge in [-0.15, -0.1) is 0 Å². The number of aliphatic imine (C=N–C) groups is 1. The normalized spacial score (nSPS) is 14.0. The van der Waals surface area contributed by atoms with Gasteiger partial charge < -0.3 is 19.7 Å². The highest BCUT2D eigenvalue weighted by molar-refractivity contribution is 5.80. The largest absolute Gasteiger partial charge is 0.475 e. The number of hydrogen-bond acceptors (Lipinski definition) is 4. The van der Waals surface area contributed by atoms with Crippen LogP contribution in [0.5, 0.6) is 5.88 Å². The molecule has 27 heavy (non-hydrogen) atoms. The third-order valence-electron chi connectivity index (χ3n) is 4.51. The average molecular weight is 368 g/mol. The molecule has 1 N–H and O–H groups in total. The summed E-state index contributed by atoms with van der Waals surface area (Å²) in [4.78, 5) is 11.5. The molecule has 2 aromatic rings. The second-order valence-electron chi connectivity index (χ2n) is 6.46. The zero-order chi connectivity index (χ0) is 18.9. The van der Waals surface area contributed by atoms with E-state index in [-0.39, 0.29) is 0 Å².